The van der Waals surface area contributed by atoms with Gasteiger partial charge in [-0.3, -0.25) is 0 Å². The van der Waals surface area contributed by atoms with Crippen molar-refractivity contribution < 1.29 is 0 Å². The Hall–Kier alpha value is -0.290. The van der Waals surface area contributed by atoms with E-state index in [1.807, 2.05) is 0 Å². The molecule has 0 heterocycles. The van der Waals surface area contributed by atoms with Gasteiger partial charge in [0.05, 0.1) is 22.9 Å². The number of halogens is 1. The molecule has 72 valence electrons. The highest BCUT2D eigenvalue weighted by molar-refractivity contribution is 14.1. The summed E-state index contributed by atoms with van der Waals surface area (Å²) in [6.07, 6.45) is 0. The molecule has 1 rings (SSSR count). The van der Waals surface area contributed by atoms with Gasteiger partial charge in [-0.15, -0.1) is 0 Å². The smallest absolute Gasteiger partial charge is 0.0591 e. The molecular formula is C10H15IN2. The molecule has 0 radical (unpaired) electrons. The normalized spacial score (nSPS) is 10.2. The molecule has 0 unspecified atom stereocenters. The van der Waals surface area contributed by atoms with Crippen LogP contribution < -0.4 is 8.85 Å². The molecule has 3 heteroatoms. The van der Waals surface area contributed by atoms with Crippen molar-refractivity contribution in [2.24, 2.45) is 5.73 Å². The number of rotatable bonds is 3. The third-order valence-corrected chi connectivity index (χ3v) is 2.85. The summed E-state index contributed by atoms with van der Waals surface area (Å²) in [6, 6.07) is 6.53. The molecule has 2 nitrogen and oxygen atoms in total. The predicted molar refractivity (Wildman–Crippen MR) is 66.3 cm³/mol. The van der Waals surface area contributed by atoms with Crippen LogP contribution in [0.3, 0.4) is 0 Å². The first-order valence-electron chi connectivity index (χ1n) is 4.35. The highest BCUT2D eigenvalue weighted by Gasteiger charge is 2.01. The maximum atomic E-state index is 5.50. The second-order valence-electron chi connectivity index (χ2n) is 3.22. The summed E-state index contributed by atoms with van der Waals surface area (Å²) in [5.74, 6) is 0. The molecule has 2 N–H and O–H groups in total. The first kappa shape index (κ1) is 10.8. The largest absolute Gasteiger partial charge is 0.329 e. The molecule has 0 aliphatic heterocycles. The van der Waals surface area contributed by atoms with Crippen LogP contribution in [0, 0.1) is 13.8 Å². The zero-order chi connectivity index (χ0) is 9.84. The number of benzene rings is 1. The number of nitrogens with two attached hydrogens (primary N) is 1. The van der Waals surface area contributed by atoms with E-state index in [1.165, 1.54) is 16.8 Å². The minimum Gasteiger partial charge on any atom is -0.329 e. The summed E-state index contributed by atoms with van der Waals surface area (Å²) in [5, 5.41) is 0. The summed E-state index contributed by atoms with van der Waals surface area (Å²) in [5.41, 5.74) is 9.34. The summed E-state index contributed by atoms with van der Waals surface area (Å²) < 4.78 is 2.15. The standard InChI is InChI=1S/C10H15IN2/c1-8-5-9(2)7-10(6-8)13(11)4-3-12/h5-7H,3-4,12H2,1-2H3. The van der Waals surface area contributed by atoms with Gasteiger partial charge in [0, 0.05) is 18.8 Å². The molecule has 0 spiro atoms. The minimum atomic E-state index is 0.690. The lowest BCUT2D eigenvalue weighted by Gasteiger charge is -2.16. The zero-order valence-electron chi connectivity index (χ0n) is 8.05. The number of nitrogens with zero attached hydrogens (tertiary/aromatic N) is 1. The van der Waals surface area contributed by atoms with E-state index >= 15 is 0 Å². The molecule has 0 aliphatic carbocycles. The van der Waals surface area contributed by atoms with Crippen molar-refractivity contribution in [2.45, 2.75) is 13.8 Å². The van der Waals surface area contributed by atoms with Crippen LogP contribution in [0.2, 0.25) is 0 Å². The van der Waals surface area contributed by atoms with E-state index in [0.29, 0.717) is 6.54 Å². The van der Waals surface area contributed by atoms with Crippen LogP contribution in [0.1, 0.15) is 11.1 Å². The van der Waals surface area contributed by atoms with E-state index in [1.54, 1.807) is 0 Å². The molecule has 0 atom stereocenters. The fraction of sp³-hybridized carbons (Fsp3) is 0.400. The fourth-order valence-electron chi connectivity index (χ4n) is 1.33. The van der Waals surface area contributed by atoms with Crippen molar-refractivity contribution >= 4 is 28.6 Å². The number of hydrogen-bond acceptors (Lipinski definition) is 2. The Kier molecular flexibility index (Phi) is 3.99. The average Bonchev–Trinajstić information content (AvgIpc) is 2.03. The summed E-state index contributed by atoms with van der Waals surface area (Å²) in [4.78, 5) is 0. The minimum absolute atomic E-state index is 0.690. The Morgan fingerprint density at radius 1 is 1.23 bits per heavy atom. The molecule has 0 aromatic heterocycles. The van der Waals surface area contributed by atoms with Crippen molar-refractivity contribution in [3.63, 3.8) is 0 Å². The Morgan fingerprint density at radius 3 is 2.23 bits per heavy atom. The van der Waals surface area contributed by atoms with Crippen molar-refractivity contribution in [1.82, 2.24) is 0 Å². The molecule has 0 fully saturated rings. The van der Waals surface area contributed by atoms with Gasteiger partial charge in [-0.05, 0) is 37.1 Å². The monoisotopic (exact) mass is 290 g/mol. The third kappa shape index (κ3) is 3.15. The van der Waals surface area contributed by atoms with Gasteiger partial charge in [-0.25, -0.2) is 0 Å². The highest BCUT2D eigenvalue weighted by atomic mass is 127. The average molecular weight is 290 g/mol. The number of aryl methyl sites for hydroxylation is 2. The van der Waals surface area contributed by atoms with Crippen LogP contribution in [-0.4, -0.2) is 13.1 Å². The van der Waals surface area contributed by atoms with Crippen molar-refractivity contribution in [3.05, 3.63) is 29.3 Å². The lowest BCUT2D eigenvalue weighted by Crippen LogP contribution is -2.19. The molecule has 1 aromatic rings. The van der Waals surface area contributed by atoms with Crippen molar-refractivity contribution in [3.8, 4) is 0 Å². The predicted octanol–water partition coefficient (Wildman–Crippen LogP) is 2.42. The van der Waals surface area contributed by atoms with Crippen LogP contribution in [0.25, 0.3) is 0 Å². The lowest BCUT2D eigenvalue weighted by atomic mass is 10.1. The summed E-state index contributed by atoms with van der Waals surface area (Å²) in [7, 11) is 0. The van der Waals surface area contributed by atoms with Gasteiger partial charge in [0.2, 0.25) is 0 Å². The molecule has 0 bridgehead atoms. The maximum Gasteiger partial charge on any atom is 0.0591 e. The highest BCUT2D eigenvalue weighted by Crippen LogP contribution is 2.21. The topological polar surface area (TPSA) is 29.3 Å². The van der Waals surface area contributed by atoms with E-state index in [-0.39, 0.29) is 0 Å². The summed E-state index contributed by atoms with van der Waals surface area (Å²) >= 11 is 2.29. The molecule has 0 saturated heterocycles. The van der Waals surface area contributed by atoms with Gasteiger partial charge in [0.1, 0.15) is 0 Å². The quantitative estimate of drug-likeness (QED) is 0.684. The Balaban J connectivity index is 2.87. The fourth-order valence-corrected chi connectivity index (χ4v) is 1.89. The molecule has 13 heavy (non-hydrogen) atoms. The van der Waals surface area contributed by atoms with Crippen LogP contribution >= 0.6 is 22.9 Å². The number of anilines is 1. The van der Waals surface area contributed by atoms with Crippen molar-refractivity contribution in [2.75, 3.05) is 16.2 Å². The third-order valence-electron chi connectivity index (χ3n) is 1.81. The van der Waals surface area contributed by atoms with E-state index in [9.17, 15) is 0 Å². The Labute approximate surface area is 93.6 Å². The Morgan fingerprint density at radius 2 is 1.77 bits per heavy atom. The second kappa shape index (κ2) is 4.81. The van der Waals surface area contributed by atoms with E-state index < -0.39 is 0 Å². The van der Waals surface area contributed by atoms with Gasteiger partial charge in [-0.1, -0.05) is 6.07 Å². The summed E-state index contributed by atoms with van der Waals surface area (Å²) in [6.45, 7) is 5.81. The number of hydrogen-bond donors (Lipinski definition) is 1. The van der Waals surface area contributed by atoms with Gasteiger partial charge >= 0.3 is 0 Å². The van der Waals surface area contributed by atoms with Crippen LogP contribution in [-0.2, 0) is 0 Å². The molecule has 0 saturated carbocycles. The van der Waals surface area contributed by atoms with Gasteiger partial charge in [-0.2, -0.15) is 0 Å². The molecule has 0 aliphatic rings. The second-order valence-corrected chi connectivity index (χ2v) is 4.39. The van der Waals surface area contributed by atoms with E-state index in [2.05, 4.69) is 58.0 Å². The SMILES string of the molecule is Cc1cc(C)cc(N(I)CCN)c1. The lowest BCUT2D eigenvalue weighted by molar-refractivity contribution is 0.987. The molecule has 1 aromatic carbocycles. The van der Waals surface area contributed by atoms with Crippen LogP contribution in [0.5, 0.6) is 0 Å². The van der Waals surface area contributed by atoms with Crippen molar-refractivity contribution in [1.29, 1.82) is 0 Å². The maximum absolute atomic E-state index is 5.50. The van der Waals surface area contributed by atoms with Crippen LogP contribution in [0.15, 0.2) is 18.2 Å². The van der Waals surface area contributed by atoms with E-state index in [0.717, 1.165) is 6.54 Å². The molecule has 0 amide bonds. The van der Waals surface area contributed by atoms with Gasteiger partial charge < -0.3 is 8.85 Å². The first-order valence-corrected chi connectivity index (χ1v) is 5.31. The zero-order valence-corrected chi connectivity index (χ0v) is 10.2. The van der Waals surface area contributed by atoms with Gasteiger partial charge in [0.25, 0.3) is 0 Å². The van der Waals surface area contributed by atoms with E-state index in [4.69, 9.17) is 5.73 Å². The first-order chi connectivity index (χ1) is 6.13. The molecular weight excluding hydrogens is 275 g/mol. The van der Waals surface area contributed by atoms with Gasteiger partial charge in [0.15, 0.2) is 0 Å². The van der Waals surface area contributed by atoms with Crippen LogP contribution in [0.4, 0.5) is 5.69 Å². The Bertz CT molecular complexity index is 266.